The summed E-state index contributed by atoms with van der Waals surface area (Å²) in [6.45, 7) is 4.08. The van der Waals surface area contributed by atoms with Gasteiger partial charge in [0.15, 0.2) is 5.13 Å². The number of nitrogens with one attached hydrogen (secondary N) is 1. The van der Waals surface area contributed by atoms with Gasteiger partial charge in [-0.3, -0.25) is 0 Å². The largest absolute Gasteiger partial charge is 0.375 e. The van der Waals surface area contributed by atoms with E-state index in [1.165, 1.54) is 17.5 Å². The molecule has 0 amide bonds. The smallest absolute Gasteiger partial charge is 0.345 e. The third kappa shape index (κ3) is 1.96. The monoisotopic (exact) mass is 236 g/mol. The van der Waals surface area contributed by atoms with Crippen molar-refractivity contribution >= 4 is 16.5 Å². The molecule has 2 aromatic heterocycles. The Morgan fingerprint density at radius 3 is 2.88 bits per heavy atom. The molecule has 0 aliphatic heterocycles. The van der Waals surface area contributed by atoms with Crippen LogP contribution in [0.1, 0.15) is 25.5 Å². The number of hydrogen-bond donors (Lipinski definition) is 2. The molecule has 2 aromatic rings. The van der Waals surface area contributed by atoms with Crippen molar-refractivity contribution < 1.29 is 0 Å². The van der Waals surface area contributed by atoms with Crippen LogP contribution in [0.25, 0.3) is 10.6 Å². The van der Waals surface area contributed by atoms with Crippen molar-refractivity contribution in [3.8, 4) is 10.6 Å². The van der Waals surface area contributed by atoms with Crippen molar-refractivity contribution in [3.63, 3.8) is 0 Å². The highest BCUT2D eigenvalue weighted by molar-refractivity contribution is 7.18. The van der Waals surface area contributed by atoms with Gasteiger partial charge in [-0.1, -0.05) is 25.2 Å². The Hall–Kier alpha value is -1.69. The summed E-state index contributed by atoms with van der Waals surface area (Å²) in [6.07, 6.45) is 1.48. The molecule has 2 heterocycles. The van der Waals surface area contributed by atoms with Crippen molar-refractivity contribution in [1.29, 1.82) is 0 Å². The van der Waals surface area contributed by atoms with Gasteiger partial charge in [0, 0.05) is 6.20 Å². The zero-order valence-corrected chi connectivity index (χ0v) is 9.84. The Morgan fingerprint density at radius 2 is 2.25 bits per heavy atom. The number of nitrogens with two attached hydrogens (primary N) is 1. The number of nitrogen functional groups attached to an aromatic ring is 1. The van der Waals surface area contributed by atoms with Crippen LogP contribution in [0.5, 0.6) is 0 Å². The topological polar surface area (TPSA) is 84.7 Å². The van der Waals surface area contributed by atoms with Crippen LogP contribution in [0.15, 0.2) is 17.1 Å². The first-order valence-electron chi connectivity index (χ1n) is 4.90. The molecule has 0 unspecified atom stereocenters. The summed E-state index contributed by atoms with van der Waals surface area (Å²) < 4.78 is 0. The van der Waals surface area contributed by atoms with Gasteiger partial charge in [0.25, 0.3) is 0 Å². The second kappa shape index (κ2) is 4.05. The lowest BCUT2D eigenvalue weighted by Gasteiger charge is -2.04. The maximum Gasteiger partial charge on any atom is 0.345 e. The fourth-order valence-electron chi connectivity index (χ4n) is 1.43. The highest BCUT2D eigenvalue weighted by Crippen LogP contribution is 2.33. The minimum absolute atomic E-state index is 0.264. The standard InChI is InChI=1S/C10H12N4OS/c1-5(2)7-8(16-9(11)14-7)6-3-4-12-10(15)13-6/h3-5H,1-2H3,(H2,11,14)(H,12,13,15). The van der Waals surface area contributed by atoms with Crippen LogP contribution in [0, 0.1) is 0 Å². The van der Waals surface area contributed by atoms with Crippen LogP contribution in [0.2, 0.25) is 0 Å². The van der Waals surface area contributed by atoms with Crippen molar-refractivity contribution in [2.45, 2.75) is 19.8 Å². The average Bonchev–Trinajstić information content (AvgIpc) is 2.60. The van der Waals surface area contributed by atoms with Crippen LogP contribution in [-0.2, 0) is 0 Å². The van der Waals surface area contributed by atoms with E-state index in [0.29, 0.717) is 5.13 Å². The molecule has 0 aliphatic rings. The molecule has 0 fully saturated rings. The fraction of sp³-hybridized carbons (Fsp3) is 0.300. The third-order valence-corrected chi connectivity index (χ3v) is 3.07. The van der Waals surface area contributed by atoms with Crippen LogP contribution in [-0.4, -0.2) is 15.0 Å². The molecule has 84 valence electrons. The van der Waals surface area contributed by atoms with E-state index >= 15 is 0 Å². The van der Waals surface area contributed by atoms with Gasteiger partial charge in [0.1, 0.15) is 0 Å². The van der Waals surface area contributed by atoms with Crippen molar-refractivity contribution in [2.75, 3.05) is 5.73 Å². The van der Waals surface area contributed by atoms with Gasteiger partial charge in [0.05, 0.1) is 16.3 Å². The van der Waals surface area contributed by atoms with E-state index in [1.54, 1.807) is 6.07 Å². The molecular formula is C10H12N4OS. The van der Waals surface area contributed by atoms with Gasteiger partial charge in [-0.15, -0.1) is 0 Å². The molecule has 0 saturated heterocycles. The summed E-state index contributed by atoms with van der Waals surface area (Å²) in [4.78, 5) is 22.6. The molecule has 0 atom stereocenters. The maximum absolute atomic E-state index is 11.1. The van der Waals surface area contributed by atoms with Crippen LogP contribution in [0.3, 0.4) is 0 Å². The quantitative estimate of drug-likeness (QED) is 0.829. The number of thiazole rings is 1. The number of nitrogens with zero attached hydrogens (tertiary/aromatic N) is 2. The first kappa shape index (κ1) is 10.8. The van der Waals surface area contributed by atoms with Crippen molar-refractivity contribution in [2.24, 2.45) is 0 Å². The number of aromatic amines is 1. The predicted molar refractivity (Wildman–Crippen MR) is 64.5 cm³/mol. The van der Waals surface area contributed by atoms with E-state index in [9.17, 15) is 4.79 Å². The van der Waals surface area contributed by atoms with E-state index in [0.717, 1.165) is 16.3 Å². The van der Waals surface area contributed by atoms with Crippen LogP contribution in [0.4, 0.5) is 5.13 Å². The molecule has 5 nitrogen and oxygen atoms in total. The van der Waals surface area contributed by atoms with Crippen molar-refractivity contribution in [1.82, 2.24) is 15.0 Å². The van der Waals surface area contributed by atoms with Gasteiger partial charge >= 0.3 is 5.69 Å². The van der Waals surface area contributed by atoms with E-state index in [2.05, 4.69) is 15.0 Å². The van der Waals surface area contributed by atoms with Gasteiger partial charge in [-0.25, -0.2) is 14.8 Å². The molecule has 2 rings (SSSR count). The van der Waals surface area contributed by atoms with Gasteiger partial charge in [-0.2, -0.15) is 0 Å². The Bertz CT molecular complexity index is 558. The Kier molecular flexibility index (Phi) is 2.74. The fourth-order valence-corrected chi connectivity index (χ4v) is 2.40. The summed E-state index contributed by atoms with van der Waals surface area (Å²) in [7, 11) is 0. The molecule has 0 radical (unpaired) electrons. The maximum atomic E-state index is 11.1. The normalized spacial score (nSPS) is 10.9. The molecule has 0 aromatic carbocycles. The first-order valence-corrected chi connectivity index (χ1v) is 5.71. The minimum Gasteiger partial charge on any atom is -0.375 e. The highest BCUT2D eigenvalue weighted by atomic mass is 32.1. The number of anilines is 1. The molecule has 0 bridgehead atoms. The van der Waals surface area contributed by atoms with Gasteiger partial charge in [0.2, 0.25) is 0 Å². The molecule has 3 N–H and O–H groups in total. The molecule has 0 saturated carbocycles. The van der Waals surface area contributed by atoms with E-state index < -0.39 is 0 Å². The van der Waals surface area contributed by atoms with Crippen LogP contribution >= 0.6 is 11.3 Å². The molecule has 0 aliphatic carbocycles. The van der Waals surface area contributed by atoms with Gasteiger partial charge in [-0.05, 0) is 12.0 Å². The lowest BCUT2D eigenvalue weighted by molar-refractivity contribution is 0.835. The van der Waals surface area contributed by atoms with Crippen molar-refractivity contribution in [3.05, 3.63) is 28.4 Å². The minimum atomic E-state index is -0.362. The summed E-state index contributed by atoms with van der Waals surface area (Å²) in [6, 6.07) is 1.75. The molecular weight excluding hydrogens is 224 g/mol. The zero-order valence-electron chi connectivity index (χ0n) is 9.02. The lowest BCUT2D eigenvalue weighted by Crippen LogP contribution is -2.09. The summed E-state index contributed by atoms with van der Waals surface area (Å²) in [5.74, 6) is 0.264. The number of H-pyrrole nitrogens is 1. The molecule has 16 heavy (non-hydrogen) atoms. The molecule has 6 heteroatoms. The van der Waals surface area contributed by atoms with Crippen LogP contribution < -0.4 is 11.4 Å². The van der Waals surface area contributed by atoms with E-state index in [4.69, 9.17) is 5.73 Å². The van der Waals surface area contributed by atoms with E-state index in [-0.39, 0.29) is 11.6 Å². The Balaban J connectivity index is 2.59. The Morgan fingerprint density at radius 1 is 1.50 bits per heavy atom. The third-order valence-electron chi connectivity index (χ3n) is 2.14. The highest BCUT2D eigenvalue weighted by Gasteiger charge is 2.15. The number of rotatable bonds is 2. The lowest BCUT2D eigenvalue weighted by atomic mass is 10.1. The SMILES string of the molecule is CC(C)c1nc(N)sc1-c1ccnc(=O)[nH]1. The summed E-state index contributed by atoms with van der Waals surface area (Å²) in [5.41, 5.74) is 6.96. The zero-order chi connectivity index (χ0) is 11.7. The number of hydrogen-bond acceptors (Lipinski definition) is 5. The Labute approximate surface area is 96.4 Å². The second-order valence-electron chi connectivity index (χ2n) is 3.71. The summed E-state index contributed by atoms with van der Waals surface area (Å²) in [5, 5.41) is 0.511. The second-order valence-corrected chi connectivity index (χ2v) is 4.74. The first-order chi connectivity index (χ1) is 7.58. The van der Waals surface area contributed by atoms with Gasteiger partial charge < -0.3 is 10.7 Å². The predicted octanol–water partition coefficient (Wildman–Crippen LogP) is 1.60. The average molecular weight is 236 g/mol. The summed E-state index contributed by atoms with van der Waals surface area (Å²) >= 11 is 1.37. The van der Waals surface area contributed by atoms with E-state index in [1.807, 2.05) is 13.8 Å². The number of aromatic nitrogens is 3. The molecule has 0 spiro atoms.